The summed E-state index contributed by atoms with van der Waals surface area (Å²) < 4.78 is 0. The van der Waals surface area contributed by atoms with Gasteiger partial charge in [-0.05, 0) is 49.8 Å². The van der Waals surface area contributed by atoms with Crippen LogP contribution < -0.4 is 15.5 Å². The first kappa shape index (κ1) is 20.5. The van der Waals surface area contributed by atoms with Crippen LogP contribution in [-0.4, -0.2) is 37.0 Å². The fourth-order valence-electron chi connectivity index (χ4n) is 4.26. The normalized spacial score (nSPS) is 18.0. The maximum Gasteiger partial charge on any atom is 0.253 e. The number of carbonyl (C=O) groups excluding carboxylic acids is 2. The minimum absolute atomic E-state index is 0.0252. The van der Waals surface area contributed by atoms with Crippen LogP contribution in [0.15, 0.2) is 54.6 Å². The van der Waals surface area contributed by atoms with E-state index in [-0.39, 0.29) is 23.8 Å². The fraction of sp³-hybridized carbons (Fsp3) is 0.440. The van der Waals surface area contributed by atoms with Crippen molar-refractivity contribution in [1.29, 1.82) is 0 Å². The number of anilines is 1. The van der Waals surface area contributed by atoms with E-state index in [2.05, 4.69) is 22.5 Å². The molecule has 1 saturated carbocycles. The first-order valence-electron chi connectivity index (χ1n) is 11.2. The van der Waals surface area contributed by atoms with Gasteiger partial charge in [-0.25, -0.2) is 0 Å². The molecule has 4 rings (SSSR count). The minimum Gasteiger partial charge on any atom is -0.371 e. The topological polar surface area (TPSA) is 61.4 Å². The second-order valence-electron chi connectivity index (χ2n) is 8.41. The Kier molecular flexibility index (Phi) is 6.36. The van der Waals surface area contributed by atoms with Gasteiger partial charge in [0.15, 0.2) is 0 Å². The molecular weight excluding hydrogens is 374 g/mol. The van der Waals surface area contributed by atoms with Crippen LogP contribution in [0.2, 0.25) is 0 Å². The van der Waals surface area contributed by atoms with Gasteiger partial charge < -0.3 is 15.5 Å². The molecule has 2 aliphatic rings. The third-order valence-electron chi connectivity index (χ3n) is 6.17. The molecule has 0 spiro atoms. The van der Waals surface area contributed by atoms with E-state index in [4.69, 9.17) is 0 Å². The number of amides is 2. The van der Waals surface area contributed by atoms with Crippen molar-refractivity contribution < 1.29 is 9.59 Å². The van der Waals surface area contributed by atoms with Gasteiger partial charge in [-0.2, -0.15) is 0 Å². The number of para-hydroxylation sites is 1. The van der Waals surface area contributed by atoms with Gasteiger partial charge in [0.25, 0.3) is 5.91 Å². The first-order valence-corrected chi connectivity index (χ1v) is 11.2. The summed E-state index contributed by atoms with van der Waals surface area (Å²) in [4.78, 5) is 27.8. The average Bonchev–Trinajstić information content (AvgIpc) is 3.59. The Bertz CT molecular complexity index is 871. The molecule has 2 amide bonds. The Morgan fingerprint density at radius 1 is 0.900 bits per heavy atom. The van der Waals surface area contributed by atoms with E-state index in [1.54, 1.807) is 0 Å². The lowest BCUT2D eigenvalue weighted by Crippen LogP contribution is -2.46. The smallest absolute Gasteiger partial charge is 0.253 e. The van der Waals surface area contributed by atoms with E-state index in [9.17, 15) is 9.59 Å². The van der Waals surface area contributed by atoms with Crippen molar-refractivity contribution in [3.05, 3.63) is 65.7 Å². The van der Waals surface area contributed by atoms with Gasteiger partial charge in [0.05, 0.1) is 11.5 Å². The van der Waals surface area contributed by atoms with Gasteiger partial charge in [-0.15, -0.1) is 0 Å². The number of nitrogens with one attached hydrogen (secondary N) is 2. The van der Waals surface area contributed by atoms with E-state index in [0.717, 1.165) is 62.0 Å². The van der Waals surface area contributed by atoms with Crippen LogP contribution in [0.25, 0.3) is 0 Å². The maximum atomic E-state index is 12.9. The molecule has 0 bridgehead atoms. The van der Waals surface area contributed by atoms with Crippen LogP contribution in [0.4, 0.5) is 5.69 Å². The summed E-state index contributed by atoms with van der Waals surface area (Å²) in [5, 5.41) is 6.36. The molecular formula is C25H31N3O2. The molecule has 0 radical (unpaired) electrons. The predicted octanol–water partition coefficient (Wildman–Crippen LogP) is 3.86. The Morgan fingerprint density at radius 3 is 2.20 bits per heavy atom. The van der Waals surface area contributed by atoms with E-state index >= 15 is 0 Å². The van der Waals surface area contributed by atoms with Gasteiger partial charge in [0.1, 0.15) is 0 Å². The lowest BCUT2D eigenvalue weighted by atomic mass is 9.94. The highest BCUT2D eigenvalue weighted by Gasteiger charge is 2.28. The van der Waals surface area contributed by atoms with Crippen molar-refractivity contribution in [2.75, 3.05) is 18.0 Å². The van der Waals surface area contributed by atoms with Gasteiger partial charge in [0, 0.05) is 30.9 Å². The Morgan fingerprint density at radius 2 is 1.53 bits per heavy atom. The molecule has 1 unspecified atom stereocenters. The number of rotatable bonds is 7. The third kappa shape index (κ3) is 4.84. The number of nitrogens with zero attached hydrogens (tertiary/aromatic N) is 1. The lowest BCUT2D eigenvalue weighted by Gasteiger charge is -2.35. The molecule has 5 heteroatoms. The Labute approximate surface area is 178 Å². The zero-order valence-corrected chi connectivity index (χ0v) is 17.6. The highest BCUT2D eigenvalue weighted by Crippen LogP contribution is 2.27. The molecule has 1 aliphatic heterocycles. The molecule has 0 aromatic heterocycles. The summed E-state index contributed by atoms with van der Waals surface area (Å²) in [5.41, 5.74) is 2.82. The summed E-state index contributed by atoms with van der Waals surface area (Å²) in [7, 11) is 0. The zero-order valence-electron chi connectivity index (χ0n) is 17.6. The first-order chi connectivity index (χ1) is 14.7. The average molecular weight is 406 g/mol. The number of benzene rings is 2. The molecule has 1 heterocycles. The van der Waals surface area contributed by atoms with Crippen molar-refractivity contribution in [3.63, 3.8) is 0 Å². The van der Waals surface area contributed by atoms with Crippen molar-refractivity contribution in [2.24, 2.45) is 0 Å². The van der Waals surface area contributed by atoms with E-state index in [1.165, 1.54) is 0 Å². The molecule has 2 N–H and O–H groups in total. The summed E-state index contributed by atoms with van der Waals surface area (Å²) in [6.07, 6.45) is 4.73. The summed E-state index contributed by atoms with van der Waals surface area (Å²) in [6, 6.07) is 18.4. The number of hydrogen-bond acceptors (Lipinski definition) is 3. The van der Waals surface area contributed by atoms with Crippen molar-refractivity contribution in [3.8, 4) is 0 Å². The summed E-state index contributed by atoms with van der Waals surface area (Å²) >= 11 is 0. The van der Waals surface area contributed by atoms with Crippen LogP contribution in [0, 0.1) is 0 Å². The molecule has 30 heavy (non-hydrogen) atoms. The monoisotopic (exact) mass is 405 g/mol. The van der Waals surface area contributed by atoms with Gasteiger partial charge in [-0.1, -0.05) is 49.4 Å². The van der Waals surface area contributed by atoms with Crippen LogP contribution in [-0.2, 0) is 4.79 Å². The van der Waals surface area contributed by atoms with Crippen LogP contribution in [0.1, 0.15) is 60.9 Å². The van der Waals surface area contributed by atoms with Crippen LogP contribution >= 0.6 is 0 Å². The van der Waals surface area contributed by atoms with Gasteiger partial charge in [0.2, 0.25) is 5.91 Å². The number of carbonyl (C=O) groups is 2. The SMILES string of the molecule is CCC(C(=O)NC1CCN(c2ccccc2C(=O)NC2CC2)CC1)c1ccccc1. The minimum atomic E-state index is -0.101. The van der Waals surface area contributed by atoms with Crippen LogP contribution in [0.3, 0.4) is 0 Å². The third-order valence-corrected chi connectivity index (χ3v) is 6.17. The Hall–Kier alpha value is -2.82. The van der Waals surface area contributed by atoms with E-state index < -0.39 is 0 Å². The number of hydrogen-bond donors (Lipinski definition) is 2. The molecule has 1 atom stereocenters. The van der Waals surface area contributed by atoms with Gasteiger partial charge >= 0.3 is 0 Å². The molecule has 2 aromatic carbocycles. The molecule has 2 aromatic rings. The highest BCUT2D eigenvalue weighted by molar-refractivity contribution is 6.00. The van der Waals surface area contributed by atoms with Gasteiger partial charge in [-0.3, -0.25) is 9.59 Å². The standard InChI is InChI=1S/C25H31N3O2/c1-2-21(18-8-4-3-5-9-18)24(29)27-20-14-16-28(17-15-20)23-11-7-6-10-22(23)25(30)26-19-12-13-19/h3-11,19-21H,2,12-17H2,1H3,(H,26,30)(H,27,29). The van der Waals surface area contributed by atoms with Crippen molar-refractivity contribution in [2.45, 2.75) is 57.0 Å². The molecule has 158 valence electrons. The maximum absolute atomic E-state index is 12.9. The molecule has 1 aliphatic carbocycles. The zero-order chi connectivity index (χ0) is 20.9. The molecule has 5 nitrogen and oxygen atoms in total. The van der Waals surface area contributed by atoms with Crippen LogP contribution in [0.5, 0.6) is 0 Å². The van der Waals surface area contributed by atoms with E-state index in [1.807, 2.05) is 54.6 Å². The molecule has 2 fully saturated rings. The number of piperidine rings is 1. The second-order valence-corrected chi connectivity index (χ2v) is 8.41. The molecule has 1 saturated heterocycles. The quantitative estimate of drug-likeness (QED) is 0.735. The second kappa shape index (κ2) is 9.33. The highest BCUT2D eigenvalue weighted by atomic mass is 16.2. The van der Waals surface area contributed by atoms with E-state index in [0.29, 0.717) is 6.04 Å². The van der Waals surface area contributed by atoms with Crippen molar-refractivity contribution in [1.82, 2.24) is 10.6 Å². The largest absolute Gasteiger partial charge is 0.371 e. The fourth-order valence-corrected chi connectivity index (χ4v) is 4.26. The predicted molar refractivity (Wildman–Crippen MR) is 120 cm³/mol. The van der Waals surface area contributed by atoms with Crippen molar-refractivity contribution >= 4 is 17.5 Å². The lowest BCUT2D eigenvalue weighted by molar-refractivity contribution is -0.123. The Balaban J connectivity index is 1.35. The summed E-state index contributed by atoms with van der Waals surface area (Å²) in [5.74, 6) is 0.0413. The summed E-state index contributed by atoms with van der Waals surface area (Å²) in [6.45, 7) is 3.73.